The Morgan fingerprint density at radius 2 is 1.00 bits per heavy atom. The molecule has 0 spiro atoms. The van der Waals surface area contributed by atoms with E-state index in [1.165, 1.54) is 24.9 Å². The Balaban J connectivity index is 2.76. The van der Waals surface area contributed by atoms with Crippen LogP contribution in [-0.2, 0) is 0 Å². The van der Waals surface area contributed by atoms with Crippen LogP contribution in [0.15, 0.2) is 39.7 Å². The second kappa shape index (κ2) is 7.87. The highest BCUT2D eigenvalue weighted by Crippen LogP contribution is 2.27. The van der Waals surface area contributed by atoms with Gasteiger partial charge in [0.05, 0.1) is 18.6 Å². The third-order valence-electron chi connectivity index (χ3n) is 4.06. The van der Waals surface area contributed by atoms with Crippen molar-refractivity contribution >= 4 is 24.9 Å². The largest absolute Gasteiger partial charge is 0.411 e. The molecule has 0 aromatic heterocycles. The Labute approximate surface area is 144 Å². The fourth-order valence-electron chi connectivity index (χ4n) is 2.59. The van der Waals surface area contributed by atoms with Crippen molar-refractivity contribution in [3.63, 3.8) is 0 Å². The maximum Gasteiger partial charge on any atom is 0.0736 e. The Morgan fingerprint density at radius 3 is 1.32 bits per heavy atom. The van der Waals surface area contributed by atoms with Gasteiger partial charge in [-0.2, -0.15) is 0 Å². The molecule has 0 aliphatic rings. The van der Waals surface area contributed by atoms with Gasteiger partial charge in [0.2, 0.25) is 0 Å². The van der Waals surface area contributed by atoms with Gasteiger partial charge in [0.15, 0.2) is 0 Å². The van der Waals surface area contributed by atoms with E-state index >= 15 is 0 Å². The summed E-state index contributed by atoms with van der Waals surface area (Å²) in [4.78, 5) is 0. The molecule has 0 aliphatic heterocycles. The van der Waals surface area contributed by atoms with Gasteiger partial charge in [-0.05, 0) is 65.9 Å². The monoisotopic (exact) mass is 338 g/mol. The molecule has 2 aromatic carbocycles. The summed E-state index contributed by atoms with van der Waals surface area (Å²) in [5.74, 6) is 0. The van der Waals surface area contributed by atoms with E-state index in [1.807, 2.05) is 38.1 Å². The Morgan fingerprint density at radius 1 is 0.680 bits per heavy atom. The zero-order chi connectivity index (χ0) is 18.4. The van der Waals surface area contributed by atoms with Crippen LogP contribution in [-0.4, -0.2) is 40.5 Å². The first-order chi connectivity index (χ1) is 12.0. The Kier molecular flexibility index (Phi) is 5.62. The average molecular weight is 338 g/mol. The smallest absolute Gasteiger partial charge is 0.0736 e. The standard InChI is InChI=1S/C18H18N4O3/c1-11-15(7-19)3-13(4-16(11)8-20-23)14-5-17(9-21-24)12(2)18(6-14)10-22-25/h3-10,19,23-25H,1-2H3/b19-7?,20-8+,21-9+,22-10+. The third-order valence-corrected chi connectivity index (χ3v) is 4.06. The quantitative estimate of drug-likeness (QED) is 0.380. The van der Waals surface area contributed by atoms with Gasteiger partial charge >= 0.3 is 0 Å². The van der Waals surface area contributed by atoms with Crippen molar-refractivity contribution in [3.8, 4) is 11.1 Å². The molecule has 0 unspecified atom stereocenters. The molecule has 0 saturated heterocycles. The molecule has 7 heteroatoms. The maximum absolute atomic E-state index is 8.87. The van der Waals surface area contributed by atoms with Crippen LogP contribution < -0.4 is 0 Å². The summed E-state index contributed by atoms with van der Waals surface area (Å²) >= 11 is 0. The molecule has 2 rings (SSSR count). The minimum absolute atomic E-state index is 0.657. The first-order valence-corrected chi connectivity index (χ1v) is 7.38. The van der Waals surface area contributed by atoms with Crippen LogP contribution in [0.4, 0.5) is 0 Å². The van der Waals surface area contributed by atoms with Gasteiger partial charge in [0.1, 0.15) is 0 Å². The van der Waals surface area contributed by atoms with E-state index in [1.54, 1.807) is 0 Å². The number of nitrogens with zero attached hydrogens (tertiary/aromatic N) is 3. The Hall–Kier alpha value is -3.48. The first kappa shape index (κ1) is 17.9. The lowest BCUT2D eigenvalue weighted by molar-refractivity contribution is 0.321. The van der Waals surface area contributed by atoms with Crippen molar-refractivity contribution in [1.82, 2.24) is 0 Å². The van der Waals surface area contributed by atoms with Crippen LogP contribution in [0.3, 0.4) is 0 Å². The molecule has 7 nitrogen and oxygen atoms in total. The molecule has 0 radical (unpaired) electrons. The van der Waals surface area contributed by atoms with Crippen LogP contribution in [0.5, 0.6) is 0 Å². The highest BCUT2D eigenvalue weighted by molar-refractivity contribution is 5.95. The van der Waals surface area contributed by atoms with E-state index < -0.39 is 0 Å². The van der Waals surface area contributed by atoms with E-state index in [4.69, 9.17) is 21.0 Å². The lowest BCUT2D eigenvalue weighted by Gasteiger charge is -2.12. The second-order valence-corrected chi connectivity index (χ2v) is 5.44. The molecule has 25 heavy (non-hydrogen) atoms. The van der Waals surface area contributed by atoms with Gasteiger partial charge in [-0.25, -0.2) is 0 Å². The van der Waals surface area contributed by atoms with Gasteiger partial charge in [0.25, 0.3) is 0 Å². The zero-order valence-corrected chi connectivity index (χ0v) is 13.8. The lowest BCUT2D eigenvalue weighted by atomic mass is 9.92. The number of hydrogen-bond donors (Lipinski definition) is 4. The molecule has 0 aliphatic carbocycles. The predicted molar refractivity (Wildman–Crippen MR) is 97.4 cm³/mol. The second-order valence-electron chi connectivity index (χ2n) is 5.44. The fourth-order valence-corrected chi connectivity index (χ4v) is 2.59. The molecule has 2 aromatic rings. The van der Waals surface area contributed by atoms with Gasteiger partial charge < -0.3 is 21.0 Å². The molecule has 0 saturated carbocycles. The maximum atomic E-state index is 8.87. The molecule has 128 valence electrons. The fraction of sp³-hybridized carbons (Fsp3) is 0.111. The van der Waals surface area contributed by atoms with Gasteiger partial charge in [-0.15, -0.1) is 0 Å². The van der Waals surface area contributed by atoms with Gasteiger partial charge in [-0.1, -0.05) is 15.5 Å². The molecule has 4 N–H and O–H groups in total. The Bertz CT molecular complexity index is 853. The average Bonchev–Trinajstić information content (AvgIpc) is 2.60. The van der Waals surface area contributed by atoms with Gasteiger partial charge in [-0.3, -0.25) is 0 Å². The van der Waals surface area contributed by atoms with Crippen LogP contribution in [0.2, 0.25) is 0 Å². The van der Waals surface area contributed by atoms with Crippen molar-refractivity contribution < 1.29 is 15.6 Å². The van der Waals surface area contributed by atoms with Crippen LogP contribution in [0.25, 0.3) is 11.1 Å². The number of oxime groups is 3. The van der Waals surface area contributed by atoms with E-state index in [0.717, 1.165) is 22.3 Å². The first-order valence-electron chi connectivity index (χ1n) is 7.38. The normalized spacial score (nSPS) is 11.8. The summed E-state index contributed by atoms with van der Waals surface area (Å²) in [5, 5.41) is 43.4. The van der Waals surface area contributed by atoms with Gasteiger partial charge in [0, 0.05) is 22.9 Å². The topological polar surface area (TPSA) is 122 Å². The molecule has 0 amide bonds. The van der Waals surface area contributed by atoms with Crippen molar-refractivity contribution in [2.45, 2.75) is 13.8 Å². The molecule has 0 atom stereocenters. The van der Waals surface area contributed by atoms with Crippen LogP contribution >= 0.6 is 0 Å². The minimum atomic E-state index is 0.657. The molecule has 0 fully saturated rings. The van der Waals surface area contributed by atoms with Crippen molar-refractivity contribution in [2.75, 3.05) is 0 Å². The summed E-state index contributed by atoms with van der Waals surface area (Å²) in [7, 11) is 0. The molecule has 0 bridgehead atoms. The summed E-state index contributed by atoms with van der Waals surface area (Å²) in [6.45, 7) is 3.66. The zero-order valence-electron chi connectivity index (χ0n) is 13.8. The SMILES string of the molecule is Cc1c(C=N)cc(-c2cc(/C=N/O)c(C)c(/C=N/O)c2)cc1/C=N/O. The highest BCUT2D eigenvalue weighted by Gasteiger charge is 2.11. The van der Waals surface area contributed by atoms with Crippen molar-refractivity contribution in [3.05, 3.63) is 57.6 Å². The van der Waals surface area contributed by atoms with E-state index in [9.17, 15) is 0 Å². The van der Waals surface area contributed by atoms with Crippen molar-refractivity contribution in [2.24, 2.45) is 15.5 Å². The highest BCUT2D eigenvalue weighted by atomic mass is 16.4. The minimum Gasteiger partial charge on any atom is -0.411 e. The molecular weight excluding hydrogens is 320 g/mol. The number of hydrogen-bond acceptors (Lipinski definition) is 7. The number of rotatable bonds is 5. The number of nitrogens with one attached hydrogen (secondary N) is 1. The summed E-state index contributed by atoms with van der Waals surface area (Å²) in [6, 6.07) is 7.30. The number of benzene rings is 2. The summed E-state index contributed by atoms with van der Waals surface area (Å²) in [6.07, 6.45) is 5.14. The molecule has 0 heterocycles. The van der Waals surface area contributed by atoms with Crippen LogP contribution in [0.1, 0.15) is 33.4 Å². The van der Waals surface area contributed by atoms with Crippen molar-refractivity contribution in [1.29, 1.82) is 5.41 Å². The lowest BCUT2D eigenvalue weighted by Crippen LogP contribution is -1.99. The summed E-state index contributed by atoms with van der Waals surface area (Å²) in [5.41, 5.74) is 5.82. The van der Waals surface area contributed by atoms with E-state index in [0.29, 0.717) is 22.3 Å². The van der Waals surface area contributed by atoms with Crippen LogP contribution in [0, 0.1) is 19.3 Å². The van der Waals surface area contributed by atoms with E-state index in [-0.39, 0.29) is 0 Å². The molecular formula is C18H18N4O3. The third kappa shape index (κ3) is 3.72. The predicted octanol–water partition coefficient (Wildman–Crippen LogP) is 3.39. The summed E-state index contributed by atoms with van der Waals surface area (Å²) < 4.78 is 0. The van der Waals surface area contributed by atoms with E-state index in [2.05, 4.69) is 15.5 Å².